The van der Waals surface area contributed by atoms with Crippen LogP contribution in [0.2, 0.25) is 10.0 Å². The first-order chi connectivity index (χ1) is 9.20. The minimum atomic E-state index is 0. The lowest BCUT2D eigenvalue weighted by Gasteiger charge is -2.12. The highest BCUT2D eigenvalue weighted by atomic mass is 127. The van der Waals surface area contributed by atoms with Crippen molar-refractivity contribution in [3.8, 4) is 0 Å². The molecule has 0 heterocycles. The summed E-state index contributed by atoms with van der Waals surface area (Å²) < 4.78 is 0. The van der Waals surface area contributed by atoms with E-state index in [1.165, 1.54) is 12.8 Å². The third-order valence-electron chi connectivity index (χ3n) is 3.21. The van der Waals surface area contributed by atoms with Crippen LogP contribution < -0.4 is 10.6 Å². The Kier molecular flexibility index (Phi) is 7.99. The molecular formula is C14H20Cl2IN3. The molecule has 6 heteroatoms. The molecule has 1 aromatic carbocycles. The predicted molar refractivity (Wildman–Crippen MR) is 97.7 cm³/mol. The van der Waals surface area contributed by atoms with Crippen molar-refractivity contribution in [3.05, 3.63) is 33.8 Å². The van der Waals surface area contributed by atoms with Crippen molar-refractivity contribution in [1.82, 2.24) is 10.6 Å². The van der Waals surface area contributed by atoms with Gasteiger partial charge < -0.3 is 10.6 Å². The Morgan fingerprint density at radius 3 is 2.45 bits per heavy atom. The summed E-state index contributed by atoms with van der Waals surface area (Å²) in [6.45, 7) is 1.76. The van der Waals surface area contributed by atoms with Gasteiger partial charge in [0.25, 0.3) is 0 Å². The van der Waals surface area contributed by atoms with E-state index in [1.54, 1.807) is 7.05 Å². The van der Waals surface area contributed by atoms with E-state index in [9.17, 15) is 0 Å². The average Bonchev–Trinajstić information content (AvgIpc) is 3.20. The van der Waals surface area contributed by atoms with Crippen LogP contribution in [0.15, 0.2) is 23.2 Å². The number of nitrogens with one attached hydrogen (secondary N) is 2. The summed E-state index contributed by atoms with van der Waals surface area (Å²) in [4.78, 5) is 4.19. The zero-order valence-electron chi connectivity index (χ0n) is 11.5. The maximum Gasteiger partial charge on any atom is 0.190 e. The average molecular weight is 428 g/mol. The molecular weight excluding hydrogens is 408 g/mol. The second-order valence-corrected chi connectivity index (χ2v) is 5.59. The van der Waals surface area contributed by atoms with Gasteiger partial charge in [0.05, 0.1) is 0 Å². The maximum atomic E-state index is 6.13. The highest BCUT2D eigenvalue weighted by molar-refractivity contribution is 14.0. The molecule has 2 N–H and O–H groups in total. The minimum absolute atomic E-state index is 0. The number of aliphatic imine (C=N–C) groups is 1. The molecule has 0 amide bonds. The SMILES string of the molecule is CN=C(NCCc1c(Cl)cccc1Cl)NCC1CC1.I. The van der Waals surface area contributed by atoms with Crippen molar-refractivity contribution in [2.45, 2.75) is 19.3 Å². The Labute approximate surface area is 147 Å². The molecule has 2 rings (SSSR count). The van der Waals surface area contributed by atoms with Gasteiger partial charge in [0.15, 0.2) is 5.96 Å². The van der Waals surface area contributed by atoms with E-state index in [1.807, 2.05) is 18.2 Å². The van der Waals surface area contributed by atoms with Gasteiger partial charge in [-0.3, -0.25) is 4.99 Å². The van der Waals surface area contributed by atoms with Crippen LogP contribution in [0.5, 0.6) is 0 Å². The number of halogens is 3. The van der Waals surface area contributed by atoms with E-state index in [2.05, 4.69) is 15.6 Å². The Bertz CT molecular complexity index is 441. The van der Waals surface area contributed by atoms with Crippen molar-refractivity contribution < 1.29 is 0 Å². The maximum absolute atomic E-state index is 6.13. The van der Waals surface area contributed by atoms with Crippen LogP contribution in [0.25, 0.3) is 0 Å². The van der Waals surface area contributed by atoms with Crippen molar-refractivity contribution in [1.29, 1.82) is 0 Å². The molecule has 0 spiro atoms. The van der Waals surface area contributed by atoms with Gasteiger partial charge in [0.2, 0.25) is 0 Å². The Hall–Kier alpha value is -0.200. The number of hydrogen-bond donors (Lipinski definition) is 2. The fraction of sp³-hybridized carbons (Fsp3) is 0.500. The van der Waals surface area contributed by atoms with Gasteiger partial charge in [-0.15, -0.1) is 24.0 Å². The van der Waals surface area contributed by atoms with Crippen LogP contribution in [-0.4, -0.2) is 26.1 Å². The van der Waals surface area contributed by atoms with Crippen molar-refractivity contribution >= 4 is 53.1 Å². The lowest BCUT2D eigenvalue weighted by atomic mass is 10.1. The molecule has 20 heavy (non-hydrogen) atoms. The molecule has 1 fully saturated rings. The van der Waals surface area contributed by atoms with Gasteiger partial charge >= 0.3 is 0 Å². The zero-order valence-corrected chi connectivity index (χ0v) is 15.3. The zero-order chi connectivity index (χ0) is 13.7. The minimum Gasteiger partial charge on any atom is -0.356 e. The summed E-state index contributed by atoms with van der Waals surface area (Å²) in [5.41, 5.74) is 0.982. The van der Waals surface area contributed by atoms with Crippen molar-refractivity contribution in [2.24, 2.45) is 10.9 Å². The van der Waals surface area contributed by atoms with Crippen LogP contribution in [0.4, 0.5) is 0 Å². The second-order valence-electron chi connectivity index (χ2n) is 4.77. The van der Waals surface area contributed by atoms with E-state index in [-0.39, 0.29) is 24.0 Å². The highest BCUT2D eigenvalue weighted by Gasteiger charge is 2.20. The van der Waals surface area contributed by atoms with Crippen LogP contribution in [0, 0.1) is 5.92 Å². The van der Waals surface area contributed by atoms with Gasteiger partial charge in [-0.2, -0.15) is 0 Å². The molecule has 3 nitrogen and oxygen atoms in total. The summed E-state index contributed by atoms with van der Waals surface area (Å²) in [5.74, 6) is 1.67. The van der Waals surface area contributed by atoms with Gasteiger partial charge in [-0.25, -0.2) is 0 Å². The molecule has 0 radical (unpaired) electrons. The molecule has 0 unspecified atom stereocenters. The van der Waals surface area contributed by atoms with Gasteiger partial charge in [0, 0.05) is 30.2 Å². The Morgan fingerprint density at radius 1 is 1.25 bits per heavy atom. The first kappa shape index (κ1) is 17.9. The van der Waals surface area contributed by atoms with E-state index < -0.39 is 0 Å². The second kappa shape index (κ2) is 8.95. The molecule has 0 aliphatic heterocycles. The van der Waals surface area contributed by atoms with Crippen molar-refractivity contribution in [3.63, 3.8) is 0 Å². The third kappa shape index (κ3) is 5.66. The molecule has 1 aliphatic carbocycles. The van der Waals surface area contributed by atoms with E-state index in [0.29, 0.717) is 0 Å². The number of nitrogens with zero attached hydrogens (tertiary/aromatic N) is 1. The topological polar surface area (TPSA) is 36.4 Å². The Balaban J connectivity index is 0.00000200. The molecule has 0 aromatic heterocycles. The molecule has 112 valence electrons. The summed E-state index contributed by atoms with van der Waals surface area (Å²) in [6.07, 6.45) is 3.45. The van der Waals surface area contributed by atoms with Crippen molar-refractivity contribution in [2.75, 3.05) is 20.1 Å². The smallest absolute Gasteiger partial charge is 0.190 e. The molecule has 0 saturated heterocycles. The van der Waals surface area contributed by atoms with E-state index >= 15 is 0 Å². The lowest BCUT2D eigenvalue weighted by molar-refractivity contribution is 0.734. The standard InChI is InChI=1S/C14H19Cl2N3.HI/c1-17-14(19-9-10-5-6-10)18-8-7-11-12(15)3-2-4-13(11)16;/h2-4,10H,5-9H2,1H3,(H2,17,18,19);1H. The highest BCUT2D eigenvalue weighted by Crippen LogP contribution is 2.27. The summed E-state index contributed by atoms with van der Waals surface area (Å²) in [5, 5.41) is 8.03. The first-order valence-electron chi connectivity index (χ1n) is 6.58. The monoisotopic (exact) mass is 427 g/mol. The van der Waals surface area contributed by atoms with Crippen LogP contribution in [0.3, 0.4) is 0 Å². The van der Waals surface area contributed by atoms with Crippen LogP contribution in [0.1, 0.15) is 18.4 Å². The first-order valence-corrected chi connectivity index (χ1v) is 7.33. The summed E-state index contributed by atoms with van der Waals surface area (Å²) >= 11 is 12.3. The Morgan fingerprint density at radius 2 is 1.90 bits per heavy atom. The van der Waals surface area contributed by atoms with Crippen LogP contribution >= 0.6 is 47.2 Å². The normalized spacial score (nSPS) is 14.7. The molecule has 1 aromatic rings. The lowest BCUT2D eigenvalue weighted by Crippen LogP contribution is -2.39. The quantitative estimate of drug-likeness (QED) is 0.426. The third-order valence-corrected chi connectivity index (χ3v) is 3.92. The van der Waals surface area contributed by atoms with Gasteiger partial charge in [-0.1, -0.05) is 29.3 Å². The summed E-state index contributed by atoms with van der Waals surface area (Å²) in [7, 11) is 1.78. The fourth-order valence-corrected chi connectivity index (χ4v) is 2.45. The molecule has 1 saturated carbocycles. The van der Waals surface area contributed by atoms with Gasteiger partial charge in [-0.05, 0) is 42.9 Å². The summed E-state index contributed by atoms with van der Waals surface area (Å²) in [6, 6.07) is 5.59. The molecule has 1 aliphatic rings. The van der Waals surface area contributed by atoms with Crippen LogP contribution in [-0.2, 0) is 6.42 Å². The number of guanidine groups is 1. The largest absolute Gasteiger partial charge is 0.356 e. The number of hydrogen-bond acceptors (Lipinski definition) is 1. The molecule has 0 bridgehead atoms. The van der Waals surface area contributed by atoms with Gasteiger partial charge in [0.1, 0.15) is 0 Å². The number of benzene rings is 1. The molecule has 0 atom stereocenters. The predicted octanol–water partition coefficient (Wildman–Crippen LogP) is 3.73. The number of rotatable bonds is 5. The van der Waals surface area contributed by atoms with E-state index in [0.717, 1.165) is 47.0 Å². The van der Waals surface area contributed by atoms with E-state index in [4.69, 9.17) is 23.2 Å². The fourth-order valence-electron chi connectivity index (χ4n) is 1.86.